The van der Waals surface area contributed by atoms with Crippen molar-refractivity contribution in [3.63, 3.8) is 0 Å². The van der Waals surface area contributed by atoms with Gasteiger partial charge in [0.05, 0.1) is 0 Å². The predicted molar refractivity (Wildman–Crippen MR) is 52.1 cm³/mol. The van der Waals surface area contributed by atoms with Crippen LogP contribution >= 0.6 is 0 Å². The van der Waals surface area contributed by atoms with E-state index < -0.39 is 18.5 Å². The lowest BCUT2D eigenvalue weighted by Crippen LogP contribution is -2.21. The molecule has 0 fully saturated rings. The largest absolute Gasteiger partial charge is 0.508 e. The molecule has 0 aliphatic carbocycles. The van der Waals surface area contributed by atoms with Gasteiger partial charge in [0.15, 0.2) is 0 Å². The number of alkyl halides is 3. The van der Waals surface area contributed by atoms with E-state index in [2.05, 4.69) is 5.32 Å². The van der Waals surface area contributed by atoms with E-state index in [0.29, 0.717) is 5.56 Å². The van der Waals surface area contributed by atoms with Crippen LogP contribution < -0.4 is 5.32 Å². The Balaban J connectivity index is 2.70. The molecule has 1 aromatic carbocycles. The van der Waals surface area contributed by atoms with Gasteiger partial charge in [-0.2, -0.15) is 13.2 Å². The molecule has 0 atom stereocenters. The molecule has 16 heavy (non-hydrogen) atoms. The normalized spacial score (nSPS) is 11.2. The Labute approximate surface area is 89.9 Å². The number of halogens is 3. The van der Waals surface area contributed by atoms with Crippen molar-refractivity contribution in [1.29, 1.82) is 0 Å². The number of carbonyl (C=O) groups is 1. The summed E-state index contributed by atoms with van der Waals surface area (Å²) in [6.07, 6.45) is -6.04. The van der Waals surface area contributed by atoms with Crippen molar-refractivity contribution in [2.24, 2.45) is 0 Å². The molecule has 88 valence electrons. The summed E-state index contributed by atoms with van der Waals surface area (Å²) in [6.45, 7) is 1.57. The van der Waals surface area contributed by atoms with Gasteiger partial charge in [0.1, 0.15) is 12.2 Å². The Morgan fingerprint density at radius 2 is 2.06 bits per heavy atom. The number of aromatic hydroxyl groups is 1. The first-order valence-electron chi connectivity index (χ1n) is 4.44. The second-order valence-corrected chi connectivity index (χ2v) is 3.34. The Bertz CT molecular complexity index is 402. The number of hydrogen-bond donors (Lipinski definition) is 2. The lowest BCUT2D eigenvalue weighted by Gasteiger charge is -2.10. The van der Waals surface area contributed by atoms with Gasteiger partial charge in [-0.3, -0.25) is 4.79 Å². The van der Waals surface area contributed by atoms with Crippen LogP contribution in [0.1, 0.15) is 12.0 Å². The molecule has 0 saturated carbocycles. The zero-order valence-corrected chi connectivity index (χ0v) is 8.43. The molecule has 1 rings (SSSR count). The lowest BCUT2D eigenvalue weighted by atomic mass is 10.2. The Hall–Kier alpha value is -1.72. The van der Waals surface area contributed by atoms with Crippen LogP contribution in [0.2, 0.25) is 0 Å². The molecule has 0 spiro atoms. The first kappa shape index (κ1) is 12.4. The molecule has 0 bridgehead atoms. The fourth-order valence-electron chi connectivity index (χ4n) is 1.16. The monoisotopic (exact) mass is 233 g/mol. The van der Waals surface area contributed by atoms with Gasteiger partial charge in [0, 0.05) is 5.69 Å². The van der Waals surface area contributed by atoms with Crippen LogP contribution in [0.15, 0.2) is 18.2 Å². The molecular weight excluding hydrogens is 223 g/mol. The smallest absolute Gasteiger partial charge is 0.397 e. The molecular formula is C10H10F3NO2. The second-order valence-electron chi connectivity index (χ2n) is 3.34. The molecule has 0 aromatic heterocycles. The van der Waals surface area contributed by atoms with Crippen molar-refractivity contribution >= 4 is 11.6 Å². The molecule has 1 aromatic rings. The van der Waals surface area contributed by atoms with Gasteiger partial charge in [-0.1, -0.05) is 0 Å². The first-order chi connectivity index (χ1) is 7.28. The highest BCUT2D eigenvalue weighted by Gasteiger charge is 2.31. The van der Waals surface area contributed by atoms with Crippen molar-refractivity contribution in [3.05, 3.63) is 23.8 Å². The van der Waals surface area contributed by atoms with Crippen molar-refractivity contribution < 1.29 is 23.1 Å². The maximum absolute atomic E-state index is 11.9. The van der Waals surface area contributed by atoms with Crippen LogP contribution in [0.4, 0.5) is 18.9 Å². The number of nitrogens with one attached hydrogen (secondary N) is 1. The third-order valence-corrected chi connectivity index (χ3v) is 1.85. The fraction of sp³-hybridized carbons (Fsp3) is 0.300. The fourth-order valence-corrected chi connectivity index (χ4v) is 1.16. The Morgan fingerprint density at radius 3 is 2.56 bits per heavy atom. The number of carbonyl (C=O) groups excluding carboxylic acids is 1. The van der Waals surface area contributed by atoms with Gasteiger partial charge >= 0.3 is 6.18 Å². The Morgan fingerprint density at radius 1 is 1.44 bits per heavy atom. The van der Waals surface area contributed by atoms with Crippen molar-refractivity contribution in [2.45, 2.75) is 19.5 Å². The van der Waals surface area contributed by atoms with E-state index in [1.165, 1.54) is 18.2 Å². The molecule has 0 aliphatic rings. The maximum atomic E-state index is 11.9. The van der Waals surface area contributed by atoms with Gasteiger partial charge in [0.25, 0.3) is 0 Å². The van der Waals surface area contributed by atoms with Crippen LogP contribution in [-0.2, 0) is 4.79 Å². The average molecular weight is 233 g/mol. The van der Waals surface area contributed by atoms with Crippen LogP contribution in [0, 0.1) is 6.92 Å². The number of anilines is 1. The molecule has 6 heteroatoms. The molecule has 3 nitrogen and oxygen atoms in total. The summed E-state index contributed by atoms with van der Waals surface area (Å²) in [5.74, 6) is -1.13. The van der Waals surface area contributed by atoms with Gasteiger partial charge < -0.3 is 10.4 Å². The molecule has 0 unspecified atom stereocenters. The van der Waals surface area contributed by atoms with Gasteiger partial charge in [0.2, 0.25) is 5.91 Å². The summed E-state index contributed by atoms with van der Waals surface area (Å²) < 4.78 is 35.6. The standard InChI is InChI=1S/C10H10F3NO2/c1-6-4-7(15)2-3-8(6)14-9(16)5-10(11,12)13/h2-4,15H,5H2,1H3,(H,14,16). The average Bonchev–Trinajstić information content (AvgIpc) is 2.06. The van der Waals surface area contributed by atoms with Crippen LogP contribution in [0.3, 0.4) is 0 Å². The number of benzene rings is 1. The van der Waals surface area contributed by atoms with Crippen LogP contribution in [0.25, 0.3) is 0 Å². The number of rotatable bonds is 2. The van der Waals surface area contributed by atoms with E-state index >= 15 is 0 Å². The quantitative estimate of drug-likeness (QED) is 0.771. The van der Waals surface area contributed by atoms with Gasteiger partial charge in [-0.15, -0.1) is 0 Å². The van der Waals surface area contributed by atoms with Crippen molar-refractivity contribution in [1.82, 2.24) is 0 Å². The third-order valence-electron chi connectivity index (χ3n) is 1.85. The summed E-state index contributed by atoms with van der Waals surface area (Å²) in [6, 6.07) is 3.98. The van der Waals surface area contributed by atoms with Crippen molar-refractivity contribution in [3.8, 4) is 5.75 Å². The minimum Gasteiger partial charge on any atom is -0.508 e. The second kappa shape index (κ2) is 4.42. The molecule has 0 saturated heterocycles. The SMILES string of the molecule is Cc1cc(O)ccc1NC(=O)CC(F)(F)F. The zero-order valence-electron chi connectivity index (χ0n) is 8.43. The molecule has 0 heterocycles. The van der Waals surface area contributed by atoms with Gasteiger partial charge in [-0.25, -0.2) is 0 Å². The number of hydrogen-bond acceptors (Lipinski definition) is 2. The van der Waals surface area contributed by atoms with Crippen LogP contribution in [0.5, 0.6) is 5.75 Å². The topological polar surface area (TPSA) is 49.3 Å². The van der Waals surface area contributed by atoms with E-state index in [4.69, 9.17) is 5.11 Å². The zero-order chi connectivity index (χ0) is 12.3. The molecule has 0 aliphatic heterocycles. The lowest BCUT2D eigenvalue weighted by molar-refractivity contribution is -0.150. The third kappa shape index (κ3) is 3.80. The molecule has 1 amide bonds. The van der Waals surface area contributed by atoms with Gasteiger partial charge in [-0.05, 0) is 30.7 Å². The molecule has 2 N–H and O–H groups in total. The summed E-state index contributed by atoms with van der Waals surface area (Å²) in [7, 11) is 0. The van der Waals surface area contributed by atoms with Crippen molar-refractivity contribution in [2.75, 3.05) is 5.32 Å². The molecule has 0 radical (unpaired) electrons. The number of aryl methyl sites for hydroxylation is 1. The number of phenols is 1. The van der Waals surface area contributed by atoms with E-state index in [9.17, 15) is 18.0 Å². The summed E-state index contributed by atoms with van der Waals surface area (Å²) in [5, 5.41) is 11.2. The highest BCUT2D eigenvalue weighted by Crippen LogP contribution is 2.23. The van der Waals surface area contributed by atoms with E-state index in [-0.39, 0.29) is 11.4 Å². The highest BCUT2D eigenvalue weighted by molar-refractivity contribution is 5.91. The van der Waals surface area contributed by atoms with Crippen LogP contribution in [-0.4, -0.2) is 17.2 Å². The van der Waals surface area contributed by atoms with E-state index in [1.54, 1.807) is 6.92 Å². The Kier molecular flexibility index (Phi) is 3.41. The minimum absolute atomic E-state index is 0.00804. The summed E-state index contributed by atoms with van der Waals surface area (Å²) in [4.78, 5) is 11.0. The predicted octanol–water partition coefficient (Wildman–Crippen LogP) is 2.59. The number of amides is 1. The number of phenolic OH excluding ortho intramolecular Hbond substituents is 1. The first-order valence-corrected chi connectivity index (χ1v) is 4.44. The minimum atomic E-state index is -4.52. The van der Waals surface area contributed by atoms with E-state index in [0.717, 1.165) is 0 Å². The summed E-state index contributed by atoms with van der Waals surface area (Å²) >= 11 is 0. The highest BCUT2D eigenvalue weighted by atomic mass is 19.4. The van der Waals surface area contributed by atoms with E-state index in [1.807, 2.05) is 0 Å². The maximum Gasteiger partial charge on any atom is 0.397 e. The summed E-state index contributed by atoms with van der Waals surface area (Å²) in [5.41, 5.74) is 0.752.